The number of piperazine rings is 1. The van der Waals surface area contributed by atoms with Crippen LogP contribution in [0, 0.1) is 11.3 Å². The minimum Gasteiger partial charge on any atom is -0.368 e. The second kappa shape index (κ2) is 8.32. The lowest BCUT2D eigenvalue weighted by Crippen LogP contribution is -2.49. The summed E-state index contributed by atoms with van der Waals surface area (Å²) in [6, 6.07) is 19.2. The summed E-state index contributed by atoms with van der Waals surface area (Å²) in [4.78, 5) is 17.4. The number of rotatable bonds is 3. The molecule has 3 aromatic rings. The molecule has 1 aliphatic heterocycles. The lowest BCUT2D eigenvalue weighted by molar-refractivity contribution is 0.0738. The number of halogens is 2. The molecule has 2 aromatic carbocycles. The standard InChI is InChI=1S/C22H18BrClN4O/c23-19-6-1-2-7-20(19)28-9-8-16(15-25)21(28)22(29)27-12-10-26(11-13-27)18-5-3-4-17(24)14-18/h1-9,14H,10-13H2. The third-order valence-corrected chi connectivity index (χ3v) is 5.97. The zero-order chi connectivity index (χ0) is 20.4. The number of benzene rings is 2. The number of nitrogens with zero attached hydrogens (tertiary/aromatic N) is 4. The summed E-state index contributed by atoms with van der Waals surface area (Å²) in [6.45, 7) is 2.59. The van der Waals surface area contributed by atoms with Gasteiger partial charge in [-0.15, -0.1) is 0 Å². The van der Waals surface area contributed by atoms with Crippen molar-refractivity contribution < 1.29 is 4.79 Å². The van der Waals surface area contributed by atoms with E-state index in [1.165, 1.54) is 0 Å². The first-order valence-corrected chi connectivity index (χ1v) is 10.4. The highest BCUT2D eigenvalue weighted by Crippen LogP contribution is 2.26. The predicted octanol–water partition coefficient (Wildman–Crippen LogP) is 4.73. The Hall–Kier alpha value is -2.75. The molecule has 1 fully saturated rings. The Kier molecular flexibility index (Phi) is 5.61. The number of hydrogen-bond acceptors (Lipinski definition) is 3. The number of anilines is 1. The number of aromatic nitrogens is 1. The molecule has 1 aromatic heterocycles. The van der Waals surface area contributed by atoms with Crippen LogP contribution in [0.15, 0.2) is 65.3 Å². The maximum absolute atomic E-state index is 13.3. The summed E-state index contributed by atoms with van der Waals surface area (Å²) in [7, 11) is 0. The molecule has 1 saturated heterocycles. The minimum atomic E-state index is -0.131. The fourth-order valence-corrected chi connectivity index (χ4v) is 4.24. The molecule has 0 atom stereocenters. The van der Waals surface area contributed by atoms with Gasteiger partial charge >= 0.3 is 0 Å². The van der Waals surface area contributed by atoms with E-state index in [1.54, 1.807) is 16.8 Å². The van der Waals surface area contributed by atoms with Gasteiger partial charge in [-0.05, 0) is 52.3 Å². The van der Waals surface area contributed by atoms with E-state index in [0.29, 0.717) is 42.5 Å². The molecule has 4 rings (SSSR count). The molecule has 7 heteroatoms. The third-order valence-electron chi connectivity index (χ3n) is 5.06. The van der Waals surface area contributed by atoms with Crippen molar-refractivity contribution in [1.82, 2.24) is 9.47 Å². The molecule has 0 saturated carbocycles. The van der Waals surface area contributed by atoms with Crippen molar-refractivity contribution >= 4 is 39.1 Å². The van der Waals surface area contributed by atoms with Gasteiger partial charge in [-0.2, -0.15) is 5.26 Å². The highest BCUT2D eigenvalue weighted by atomic mass is 79.9. The van der Waals surface area contributed by atoms with Crippen molar-refractivity contribution in [2.75, 3.05) is 31.1 Å². The van der Waals surface area contributed by atoms with E-state index in [-0.39, 0.29) is 5.91 Å². The van der Waals surface area contributed by atoms with E-state index < -0.39 is 0 Å². The number of amides is 1. The Morgan fingerprint density at radius 2 is 1.79 bits per heavy atom. The normalized spacial score (nSPS) is 14.0. The Balaban J connectivity index is 1.58. The van der Waals surface area contributed by atoms with Gasteiger partial charge in [0.05, 0.1) is 11.3 Å². The van der Waals surface area contributed by atoms with E-state index in [1.807, 2.05) is 53.4 Å². The molecular weight excluding hydrogens is 452 g/mol. The molecule has 0 radical (unpaired) electrons. The number of carbonyl (C=O) groups is 1. The van der Waals surface area contributed by atoms with Crippen LogP contribution in [0.3, 0.4) is 0 Å². The fourth-order valence-electron chi connectivity index (χ4n) is 3.58. The SMILES string of the molecule is N#Cc1ccn(-c2ccccc2Br)c1C(=O)N1CCN(c2cccc(Cl)c2)CC1. The van der Waals surface area contributed by atoms with E-state index in [9.17, 15) is 10.1 Å². The van der Waals surface area contributed by atoms with Crippen molar-refractivity contribution in [2.45, 2.75) is 0 Å². The first-order chi connectivity index (χ1) is 14.1. The number of hydrogen-bond donors (Lipinski definition) is 0. The molecule has 1 amide bonds. The second-order valence-corrected chi connectivity index (χ2v) is 8.06. The Labute approximate surface area is 182 Å². The van der Waals surface area contributed by atoms with Crippen LogP contribution in [-0.4, -0.2) is 41.6 Å². The van der Waals surface area contributed by atoms with Crippen LogP contribution in [-0.2, 0) is 0 Å². The van der Waals surface area contributed by atoms with Crippen LogP contribution in [0.1, 0.15) is 16.1 Å². The zero-order valence-electron chi connectivity index (χ0n) is 15.6. The van der Waals surface area contributed by atoms with E-state index in [4.69, 9.17) is 11.6 Å². The van der Waals surface area contributed by atoms with Gasteiger partial charge in [0, 0.05) is 47.6 Å². The molecule has 2 heterocycles. The Morgan fingerprint density at radius 3 is 2.48 bits per heavy atom. The van der Waals surface area contributed by atoms with Gasteiger partial charge < -0.3 is 14.4 Å². The summed E-state index contributed by atoms with van der Waals surface area (Å²) in [5.74, 6) is -0.131. The summed E-state index contributed by atoms with van der Waals surface area (Å²) < 4.78 is 2.65. The smallest absolute Gasteiger partial charge is 0.272 e. The summed E-state index contributed by atoms with van der Waals surface area (Å²) in [5, 5.41) is 10.2. The van der Waals surface area contributed by atoms with E-state index in [2.05, 4.69) is 26.9 Å². The van der Waals surface area contributed by atoms with Crippen molar-refractivity contribution in [2.24, 2.45) is 0 Å². The fraction of sp³-hybridized carbons (Fsp3) is 0.182. The Bertz CT molecular complexity index is 1100. The highest BCUT2D eigenvalue weighted by Gasteiger charge is 2.27. The van der Waals surface area contributed by atoms with Gasteiger partial charge in [0.1, 0.15) is 11.8 Å². The van der Waals surface area contributed by atoms with Gasteiger partial charge in [0.25, 0.3) is 5.91 Å². The summed E-state index contributed by atoms with van der Waals surface area (Å²) in [6.07, 6.45) is 1.77. The van der Waals surface area contributed by atoms with Gasteiger partial charge in [0.2, 0.25) is 0 Å². The van der Waals surface area contributed by atoms with E-state index >= 15 is 0 Å². The lowest BCUT2D eigenvalue weighted by Gasteiger charge is -2.36. The molecule has 5 nitrogen and oxygen atoms in total. The van der Waals surface area contributed by atoms with Crippen molar-refractivity contribution in [3.63, 3.8) is 0 Å². The molecule has 0 aliphatic carbocycles. The molecule has 0 unspecified atom stereocenters. The molecule has 0 spiro atoms. The average molecular weight is 470 g/mol. The number of nitriles is 1. The molecule has 1 aliphatic rings. The van der Waals surface area contributed by atoms with Gasteiger partial charge in [-0.25, -0.2) is 0 Å². The summed E-state index contributed by atoms with van der Waals surface area (Å²) in [5.41, 5.74) is 2.66. The highest BCUT2D eigenvalue weighted by molar-refractivity contribution is 9.10. The topological polar surface area (TPSA) is 52.3 Å². The van der Waals surface area contributed by atoms with Crippen molar-refractivity contribution in [1.29, 1.82) is 5.26 Å². The van der Waals surface area contributed by atoms with Gasteiger partial charge in [-0.1, -0.05) is 29.8 Å². The van der Waals surface area contributed by atoms with Crippen molar-refractivity contribution in [3.05, 3.63) is 81.5 Å². The second-order valence-electron chi connectivity index (χ2n) is 6.77. The van der Waals surface area contributed by atoms with Crippen LogP contribution in [0.5, 0.6) is 0 Å². The Morgan fingerprint density at radius 1 is 1.03 bits per heavy atom. The number of para-hydroxylation sites is 1. The van der Waals surface area contributed by atoms with Crippen LogP contribution in [0.2, 0.25) is 5.02 Å². The van der Waals surface area contributed by atoms with Gasteiger partial charge in [0.15, 0.2) is 0 Å². The molecule has 0 bridgehead atoms. The molecule has 0 N–H and O–H groups in total. The van der Waals surface area contributed by atoms with Crippen LogP contribution < -0.4 is 4.90 Å². The molecule has 146 valence electrons. The minimum absolute atomic E-state index is 0.131. The van der Waals surface area contributed by atoms with Crippen molar-refractivity contribution in [3.8, 4) is 11.8 Å². The molecule has 29 heavy (non-hydrogen) atoms. The summed E-state index contributed by atoms with van der Waals surface area (Å²) >= 11 is 9.64. The maximum Gasteiger partial charge on any atom is 0.272 e. The largest absolute Gasteiger partial charge is 0.368 e. The monoisotopic (exact) mass is 468 g/mol. The predicted molar refractivity (Wildman–Crippen MR) is 118 cm³/mol. The molecular formula is C22H18BrClN4O. The first-order valence-electron chi connectivity index (χ1n) is 9.24. The van der Waals surface area contributed by atoms with Crippen LogP contribution >= 0.6 is 27.5 Å². The van der Waals surface area contributed by atoms with Crippen LogP contribution in [0.25, 0.3) is 5.69 Å². The third kappa shape index (κ3) is 3.89. The zero-order valence-corrected chi connectivity index (χ0v) is 17.9. The van der Waals surface area contributed by atoms with Gasteiger partial charge in [-0.3, -0.25) is 4.79 Å². The first kappa shape index (κ1) is 19.6. The average Bonchev–Trinajstić information content (AvgIpc) is 3.17. The maximum atomic E-state index is 13.3. The number of carbonyl (C=O) groups excluding carboxylic acids is 1. The quantitative estimate of drug-likeness (QED) is 0.557. The lowest BCUT2D eigenvalue weighted by atomic mass is 10.2. The van der Waals surface area contributed by atoms with Crippen LogP contribution in [0.4, 0.5) is 5.69 Å². The van der Waals surface area contributed by atoms with E-state index in [0.717, 1.165) is 15.8 Å².